The van der Waals surface area contributed by atoms with E-state index in [1.807, 2.05) is 0 Å². The molecule has 1 aliphatic rings. The Bertz CT molecular complexity index is 917. The molecule has 1 N–H and O–H groups in total. The SMILES string of the molecule is Cl.Cn1ccnc1C1CNCCN1S(=O)(=O)c1ccc(F)c(C(F)(F)F)c1. The molecule has 1 atom stereocenters. The van der Waals surface area contributed by atoms with Crippen LogP contribution in [0.3, 0.4) is 0 Å². The Morgan fingerprint density at radius 2 is 2.00 bits per heavy atom. The van der Waals surface area contributed by atoms with Crippen LogP contribution >= 0.6 is 12.4 Å². The standard InChI is InChI=1S/C15H16F4N4O2S.ClH/c1-22-6-5-21-14(22)13-9-20-4-7-23(13)26(24,25)10-2-3-12(16)11(8-10)15(17,18)19;/h2-3,5-6,8,13,20H,4,7,9H2,1H3;1H. The molecule has 0 aliphatic carbocycles. The van der Waals surface area contributed by atoms with Gasteiger partial charge in [0.2, 0.25) is 10.0 Å². The van der Waals surface area contributed by atoms with Gasteiger partial charge >= 0.3 is 6.18 Å². The maximum atomic E-state index is 13.5. The van der Waals surface area contributed by atoms with Gasteiger partial charge < -0.3 is 9.88 Å². The van der Waals surface area contributed by atoms with E-state index in [2.05, 4.69) is 10.3 Å². The number of imidazole rings is 1. The first-order valence-electron chi connectivity index (χ1n) is 7.69. The molecule has 1 aliphatic heterocycles. The maximum absolute atomic E-state index is 13.5. The number of rotatable bonds is 3. The van der Waals surface area contributed by atoms with Crippen molar-refractivity contribution >= 4 is 22.4 Å². The van der Waals surface area contributed by atoms with Crippen molar-refractivity contribution in [3.8, 4) is 0 Å². The molecule has 27 heavy (non-hydrogen) atoms. The summed E-state index contributed by atoms with van der Waals surface area (Å²) in [6.45, 7) is 0.656. The molecule has 0 spiro atoms. The van der Waals surface area contributed by atoms with E-state index in [9.17, 15) is 26.0 Å². The highest BCUT2D eigenvalue weighted by atomic mass is 35.5. The van der Waals surface area contributed by atoms with Crippen LogP contribution in [-0.4, -0.2) is 41.9 Å². The van der Waals surface area contributed by atoms with Crippen LogP contribution in [0.4, 0.5) is 17.6 Å². The highest BCUT2D eigenvalue weighted by Crippen LogP contribution is 2.35. The van der Waals surface area contributed by atoms with Gasteiger partial charge in [-0.15, -0.1) is 12.4 Å². The Morgan fingerprint density at radius 1 is 1.30 bits per heavy atom. The average molecular weight is 429 g/mol. The second kappa shape index (κ2) is 7.74. The van der Waals surface area contributed by atoms with E-state index in [0.717, 1.165) is 10.4 Å². The normalized spacial score (nSPS) is 18.9. The van der Waals surface area contributed by atoms with Gasteiger partial charge in [0, 0.05) is 39.1 Å². The lowest BCUT2D eigenvalue weighted by Crippen LogP contribution is -2.49. The van der Waals surface area contributed by atoms with Crippen LogP contribution in [0.2, 0.25) is 0 Å². The summed E-state index contributed by atoms with van der Waals surface area (Å²) in [5.41, 5.74) is -1.61. The summed E-state index contributed by atoms with van der Waals surface area (Å²) in [5, 5.41) is 3.05. The minimum absolute atomic E-state index is 0. The Balaban J connectivity index is 0.00000261. The van der Waals surface area contributed by atoms with Crippen molar-refractivity contribution in [2.45, 2.75) is 17.1 Å². The number of aryl methyl sites for hydroxylation is 1. The predicted molar refractivity (Wildman–Crippen MR) is 91.4 cm³/mol. The number of nitrogens with one attached hydrogen (secondary N) is 1. The van der Waals surface area contributed by atoms with Crippen molar-refractivity contribution in [3.63, 3.8) is 0 Å². The summed E-state index contributed by atoms with van der Waals surface area (Å²) < 4.78 is 81.0. The third-order valence-corrected chi connectivity index (χ3v) is 6.10. The first kappa shape index (κ1) is 21.6. The van der Waals surface area contributed by atoms with Gasteiger partial charge in [-0.25, -0.2) is 17.8 Å². The van der Waals surface area contributed by atoms with E-state index >= 15 is 0 Å². The highest BCUT2D eigenvalue weighted by molar-refractivity contribution is 7.89. The molecule has 0 amide bonds. The number of halogens is 5. The third kappa shape index (κ3) is 4.10. The molecule has 0 radical (unpaired) electrons. The molecule has 0 saturated carbocycles. The van der Waals surface area contributed by atoms with E-state index in [4.69, 9.17) is 0 Å². The highest BCUT2D eigenvalue weighted by Gasteiger charge is 2.39. The number of hydrogen-bond acceptors (Lipinski definition) is 4. The van der Waals surface area contributed by atoms with Crippen LogP contribution in [0, 0.1) is 5.82 Å². The minimum atomic E-state index is -4.99. The molecular weight excluding hydrogens is 412 g/mol. The monoisotopic (exact) mass is 428 g/mol. The van der Waals surface area contributed by atoms with Crippen molar-refractivity contribution in [1.82, 2.24) is 19.2 Å². The van der Waals surface area contributed by atoms with Crippen LogP contribution < -0.4 is 5.32 Å². The quantitative estimate of drug-likeness (QED) is 0.762. The van der Waals surface area contributed by atoms with Crippen molar-refractivity contribution in [3.05, 3.63) is 47.8 Å². The topological polar surface area (TPSA) is 67.2 Å². The zero-order valence-electron chi connectivity index (χ0n) is 14.1. The fraction of sp³-hybridized carbons (Fsp3) is 0.400. The largest absolute Gasteiger partial charge is 0.419 e. The Kier molecular flexibility index (Phi) is 6.19. The van der Waals surface area contributed by atoms with Gasteiger partial charge in [0.25, 0.3) is 0 Å². The lowest BCUT2D eigenvalue weighted by molar-refractivity contribution is -0.140. The molecular formula is C15H17ClF4N4O2S. The van der Waals surface area contributed by atoms with Gasteiger partial charge in [0.05, 0.1) is 16.5 Å². The second-order valence-corrected chi connectivity index (χ2v) is 7.76. The number of hydrogen-bond donors (Lipinski definition) is 1. The first-order valence-corrected chi connectivity index (χ1v) is 9.13. The summed E-state index contributed by atoms with van der Waals surface area (Å²) in [6, 6.07) is 1.01. The zero-order chi connectivity index (χ0) is 19.1. The Morgan fingerprint density at radius 3 is 2.59 bits per heavy atom. The molecule has 1 aromatic carbocycles. The molecule has 6 nitrogen and oxygen atoms in total. The maximum Gasteiger partial charge on any atom is 0.419 e. The van der Waals surface area contributed by atoms with Gasteiger partial charge in [-0.05, 0) is 18.2 Å². The van der Waals surface area contributed by atoms with Crippen molar-refractivity contribution in [2.75, 3.05) is 19.6 Å². The molecule has 2 aromatic rings. The van der Waals surface area contributed by atoms with Crippen molar-refractivity contribution < 1.29 is 26.0 Å². The van der Waals surface area contributed by atoms with Crippen LogP contribution in [-0.2, 0) is 23.2 Å². The third-order valence-electron chi connectivity index (χ3n) is 4.20. The summed E-state index contributed by atoms with van der Waals surface area (Å²) in [6.07, 6.45) is -1.83. The molecule has 0 bridgehead atoms. The van der Waals surface area contributed by atoms with E-state index < -0.39 is 38.5 Å². The Labute approximate surface area is 159 Å². The molecule has 3 rings (SSSR count). The fourth-order valence-electron chi connectivity index (χ4n) is 2.91. The number of nitrogens with zero attached hydrogens (tertiary/aromatic N) is 3. The van der Waals surface area contributed by atoms with E-state index in [0.29, 0.717) is 24.5 Å². The average Bonchev–Trinajstić information content (AvgIpc) is 3.00. The Hall–Kier alpha value is -1.69. The molecule has 1 fully saturated rings. The summed E-state index contributed by atoms with van der Waals surface area (Å²) in [5.74, 6) is -1.06. The summed E-state index contributed by atoms with van der Waals surface area (Å²) in [4.78, 5) is 3.54. The minimum Gasteiger partial charge on any atom is -0.337 e. The van der Waals surface area contributed by atoms with Gasteiger partial charge in [0.1, 0.15) is 11.6 Å². The lowest BCUT2D eigenvalue weighted by Gasteiger charge is -2.34. The van der Waals surface area contributed by atoms with Crippen molar-refractivity contribution in [2.24, 2.45) is 7.05 Å². The van der Waals surface area contributed by atoms with E-state index in [-0.39, 0.29) is 25.5 Å². The molecule has 1 unspecified atom stereocenters. The van der Waals surface area contributed by atoms with Gasteiger partial charge in [-0.2, -0.15) is 17.5 Å². The number of sulfonamides is 1. The smallest absolute Gasteiger partial charge is 0.337 e. The predicted octanol–water partition coefficient (Wildman–Crippen LogP) is 2.33. The molecule has 12 heteroatoms. The molecule has 1 aromatic heterocycles. The number of piperazine rings is 1. The second-order valence-electron chi connectivity index (χ2n) is 5.87. The lowest BCUT2D eigenvalue weighted by atomic mass is 10.2. The van der Waals surface area contributed by atoms with E-state index in [1.54, 1.807) is 17.8 Å². The zero-order valence-corrected chi connectivity index (χ0v) is 15.7. The van der Waals surface area contributed by atoms with Gasteiger partial charge in [-0.3, -0.25) is 0 Å². The van der Waals surface area contributed by atoms with E-state index in [1.165, 1.54) is 6.20 Å². The van der Waals surface area contributed by atoms with Crippen molar-refractivity contribution in [1.29, 1.82) is 0 Å². The fourth-order valence-corrected chi connectivity index (χ4v) is 4.52. The molecule has 2 heterocycles. The van der Waals surface area contributed by atoms with Gasteiger partial charge in [-0.1, -0.05) is 0 Å². The van der Waals surface area contributed by atoms with Gasteiger partial charge in [0.15, 0.2) is 0 Å². The van der Waals surface area contributed by atoms with Crippen LogP contribution in [0.25, 0.3) is 0 Å². The summed E-state index contributed by atoms with van der Waals surface area (Å²) in [7, 11) is -2.58. The van der Waals surface area contributed by atoms with Crippen LogP contribution in [0.5, 0.6) is 0 Å². The number of alkyl halides is 3. The number of aromatic nitrogens is 2. The summed E-state index contributed by atoms with van der Waals surface area (Å²) >= 11 is 0. The van der Waals surface area contributed by atoms with Crippen LogP contribution in [0.1, 0.15) is 17.4 Å². The van der Waals surface area contributed by atoms with Crippen LogP contribution in [0.15, 0.2) is 35.5 Å². The first-order chi connectivity index (χ1) is 12.1. The molecule has 1 saturated heterocycles. The number of benzene rings is 1. The molecule has 150 valence electrons.